The molecule has 1 radical (unpaired) electrons. The molecule has 0 N–H and O–H groups in total. The topological polar surface area (TPSA) is 31.2 Å². The molecule has 0 amide bonds. The average molecular weight is 413 g/mol. The molecule has 1 aromatic heterocycles. The molecule has 0 atom stereocenters. The number of halogens is 2. The number of rotatable bonds is 5. The van der Waals surface area contributed by atoms with Crippen LogP contribution >= 0.6 is 11.8 Å². The van der Waals surface area contributed by atoms with Gasteiger partial charge < -0.3 is 9.30 Å². The van der Waals surface area contributed by atoms with E-state index in [0.717, 1.165) is 12.1 Å². The largest absolute Gasteiger partial charge is 0.483 e. The molecule has 0 fully saturated rings. The second kappa shape index (κ2) is 8.95. The number of hydrogen-bond acceptors (Lipinski definition) is 3. The zero-order chi connectivity index (χ0) is 16.3. The molecule has 0 unspecified atom stereocenters. The Bertz CT molecular complexity index is 726. The molecule has 23 heavy (non-hydrogen) atoms. The van der Waals surface area contributed by atoms with Crippen LogP contribution in [-0.2, 0) is 39.3 Å². The van der Waals surface area contributed by atoms with Crippen LogP contribution in [0.1, 0.15) is 12.5 Å². The van der Waals surface area contributed by atoms with Crippen LogP contribution in [0, 0.1) is 24.6 Å². The predicted octanol–water partition coefficient (Wildman–Crippen LogP) is 3.62. The summed E-state index contributed by atoms with van der Waals surface area (Å²) in [6.45, 7) is 3.68. The van der Waals surface area contributed by atoms with E-state index in [4.69, 9.17) is 4.74 Å². The van der Waals surface area contributed by atoms with Gasteiger partial charge >= 0.3 is 0 Å². The standard InChI is InChI=1S/C16H16F2NO2S.Y/c1-4-19-14(6-5-10(2)16(19)20)15-12(17)7-11(8-13(15)18)21-9-22-3;/h5,7-8H,4,9H2,1-3H3;/q-1;. The van der Waals surface area contributed by atoms with Crippen molar-refractivity contribution in [3.05, 3.63) is 51.8 Å². The van der Waals surface area contributed by atoms with Crippen LogP contribution in [0.5, 0.6) is 5.75 Å². The monoisotopic (exact) mass is 413 g/mol. The zero-order valence-corrected chi connectivity index (χ0v) is 16.8. The molecule has 0 aliphatic carbocycles. The molecule has 0 bridgehead atoms. The Morgan fingerprint density at radius 1 is 1.30 bits per heavy atom. The van der Waals surface area contributed by atoms with Crippen molar-refractivity contribution in [1.29, 1.82) is 0 Å². The maximum absolute atomic E-state index is 14.3. The molecule has 3 nitrogen and oxygen atoms in total. The molecule has 0 saturated carbocycles. The van der Waals surface area contributed by atoms with Gasteiger partial charge in [-0.05, 0) is 18.7 Å². The van der Waals surface area contributed by atoms with Gasteiger partial charge in [0.25, 0.3) is 0 Å². The van der Waals surface area contributed by atoms with Crippen LogP contribution in [0.15, 0.2) is 23.0 Å². The third-order valence-electron chi connectivity index (χ3n) is 3.19. The minimum Gasteiger partial charge on any atom is -0.483 e. The Kier molecular flexibility index (Phi) is 7.91. The Balaban J connectivity index is 0.00000264. The summed E-state index contributed by atoms with van der Waals surface area (Å²) in [5, 5.41) is 0. The third kappa shape index (κ3) is 4.43. The molecule has 1 heterocycles. The van der Waals surface area contributed by atoms with Gasteiger partial charge in [0, 0.05) is 51.4 Å². The SMILES string of the molecule is CCn1c(-c2c(F)cc(OCSC)cc2F)[c-]cc(C)c1=O.[Y]. The van der Waals surface area contributed by atoms with Gasteiger partial charge in [-0.3, -0.25) is 4.79 Å². The van der Waals surface area contributed by atoms with Crippen molar-refractivity contribution in [2.24, 2.45) is 0 Å². The molecule has 2 aromatic rings. The molecular weight excluding hydrogens is 397 g/mol. The fourth-order valence-corrected chi connectivity index (χ4v) is 2.38. The van der Waals surface area contributed by atoms with Gasteiger partial charge in [0.05, 0.1) is 11.6 Å². The summed E-state index contributed by atoms with van der Waals surface area (Å²) >= 11 is 1.40. The number of nitrogens with zero attached hydrogens (tertiary/aromatic N) is 1. The number of ether oxygens (including phenoxy) is 1. The van der Waals surface area contributed by atoms with E-state index in [1.54, 1.807) is 13.8 Å². The quantitative estimate of drug-likeness (QED) is 0.555. The molecule has 1 aromatic carbocycles. The average Bonchev–Trinajstić information content (AvgIpc) is 2.48. The first-order valence-corrected chi connectivity index (χ1v) is 8.12. The van der Waals surface area contributed by atoms with E-state index in [9.17, 15) is 13.6 Å². The first-order valence-electron chi connectivity index (χ1n) is 6.72. The number of hydrogen-bond donors (Lipinski definition) is 0. The molecule has 0 spiro atoms. The summed E-state index contributed by atoms with van der Waals surface area (Å²) in [5.74, 6) is -1.14. The van der Waals surface area contributed by atoms with Gasteiger partial charge in [-0.1, -0.05) is 18.2 Å². The van der Waals surface area contributed by atoms with Crippen LogP contribution in [0.25, 0.3) is 11.3 Å². The van der Waals surface area contributed by atoms with E-state index in [2.05, 4.69) is 6.07 Å². The summed E-state index contributed by atoms with van der Waals surface area (Å²) in [6, 6.07) is 6.48. The van der Waals surface area contributed by atoms with E-state index < -0.39 is 11.6 Å². The van der Waals surface area contributed by atoms with E-state index >= 15 is 0 Å². The molecule has 0 aliphatic heterocycles. The summed E-state index contributed by atoms with van der Waals surface area (Å²) < 4.78 is 35.1. The van der Waals surface area contributed by atoms with Crippen LogP contribution in [-0.4, -0.2) is 16.8 Å². The summed E-state index contributed by atoms with van der Waals surface area (Å²) in [7, 11) is 0. The molecule has 2 rings (SSSR count). The number of aromatic nitrogens is 1. The van der Waals surface area contributed by atoms with Gasteiger partial charge in [-0.25, -0.2) is 8.78 Å². The minimum atomic E-state index is -0.780. The number of benzene rings is 1. The van der Waals surface area contributed by atoms with Gasteiger partial charge in [-0.15, -0.1) is 11.8 Å². The second-order valence-electron chi connectivity index (χ2n) is 4.68. The fourth-order valence-electron chi connectivity index (χ4n) is 2.13. The van der Waals surface area contributed by atoms with Crippen molar-refractivity contribution < 1.29 is 46.2 Å². The Labute approximate surface area is 163 Å². The summed E-state index contributed by atoms with van der Waals surface area (Å²) in [5.41, 5.74) is 0.0315. The van der Waals surface area contributed by atoms with Crippen molar-refractivity contribution in [2.45, 2.75) is 20.4 Å². The van der Waals surface area contributed by atoms with Gasteiger partial charge in [0.2, 0.25) is 0 Å². The Morgan fingerprint density at radius 3 is 2.43 bits per heavy atom. The predicted molar refractivity (Wildman–Crippen MR) is 84.3 cm³/mol. The Hall–Kier alpha value is -0.716. The molecule has 7 heteroatoms. The smallest absolute Gasteiger partial charge is 0.197 e. The van der Waals surface area contributed by atoms with Crippen molar-refractivity contribution in [3.63, 3.8) is 0 Å². The summed E-state index contributed by atoms with van der Waals surface area (Å²) in [4.78, 5) is 12.1. The normalized spacial score (nSPS) is 10.3. The van der Waals surface area contributed by atoms with Crippen LogP contribution in [0.3, 0.4) is 0 Å². The van der Waals surface area contributed by atoms with Gasteiger partial charge in [0.15, 0.2) is 5.56 Å². The molecule has 0 saturated heterocycles. The van der Waals surface area contributed by atoms with Crippen LogP contribution in [0.2, 0.25) is 0 Å². The third-order valence-corrected chi connectivity index (χ3v) is 3.54. The maximum atomic E-state index is 14.3. The number of pyridine rings is 1. The van der Waals surface area contributed by atoms with Crippen LogP contribution in [0.4, 0.5) is 8.78 Å². The van der Waals surface area contributed by atoms with Crippen molar-refractivity contribution in [3.8, 4) is 17.0 Å². The van der Waals surface area contributed by atoms with E-state index in [0.29, 0.717) is 18.0 Å². The fraction of sp³-hybridized carbons (Fsp3) is 0.312. The molecular formula is C16H16F2NO2SY-. The van der Waals surface area contributed by atoms with Gasteiger partial charge in [-0.2, -0.15) is 12.1 Å². The minimum absolute atomic E-state index is 0. The Morgan fingerprint density at radius 2 is 1.91 bits per heavy atom. The van der Waals surface area contributed by atoms with E-state index in [1.807, 2.05) is 6.26 Å². The maximum Gasteiger partial charge on any atom is 0.197 e. The first kappa shape index (κ1) is 20.3. The van der Waals surface area contributed by atoms with Crippen molar-refractivity contribution in [2.75, 3.05) is 12.2 Å². The van der Waals surface area contributed by atoms with E-state index in [1.165, 1.54) is 22.4 Å². The first-order chi connectivity index (χ1) is 10.5. The van der Waals surface area contributed by atoms with Crippen molar-refractivity contribution >= 4 is 11.8 Å². The second-order valence-corrected chi connectivity index (χ2v) is 5.50. The van der Waals surface area contributed by atoms with Crippen LogP contribution < -0.4 is 10.3 Å². The zero-order valence-electron chi connectivity index (χ0n) is 13.2. The van der Waals surface area contributed by atoms with E-state index in [-0.39, 0.29) is 55.3 Å². The molecule has 0 aliphatic rings. The van der Waals surface area contributed by atoms with Gasteiger partial charge in [0.1, 0.15) is 11.7 Å². The molecule has 121 valence electrons. The number of thioether (sulfide) groups is 1. The summed E-state index contributed by atoms with van der Waals surface area (Å²) in [6.07, 6.45) is 1.82. The number of aryl methyl sites for hydroxylation is 1. The van der Waals surface area contributed by atoms with Crippen molar-refractivity contribution in [1.82, 2.24) is 4.57 Å².